The van der Waals surface area contributed by atoms with Crippen molar-refractivity contribution >= 4 is 27.5 Å². The maximum atomic E-state index is 12.1. The second kappa shape index (κ2) is 6.66. The van der Waals surface area contributed by atoms with E-state index in [9.17, 15) is 4.79 Å². The molecule has 112 valence electrons. The minimum atomic E-state index is -0.0796. The molecular weight excluding hydrogens is 294 g/mol. The van der Waals surface area contributed by atoms with E-state index in [1.807, 2.05) is 43.3 Å². The Hall–Kier alpha value is -2.27. The van der Waals surface area contributed by atoms with Gasteiger partial charge >= 0.3 is 0 Å². The molecule has 0 saturated heterocycles. The van der Waals surface area contributed by atoms with E-state index in [0.717, 1.165) is 16.2 Å². The number of carbonyl (C=O) groups is 1. The van der Waals surface area contributed by atoms with Crippen LogP contribution in [0, 0.1) is 0 Å². The van der Waals surface area contributed by atoms with Crippen molar-refractivity contribution < 1.29 is 4.79 Å². The van der Waals surface area contributed by atoms with Gasteiger partial charge in [0.2, 0.25) is 5.91 Å². The van der Waals surface area contributed by atoms with E-state index in [2.05, 4.69) is 21.4 Å². The van der Waals surface area contributed by atoms with Gasteiger partial charge in [0, 0.05) is 19.0 Å². The molecule has 0 radical (unpaired) electrons. The first-order chi connectivity index (χ1) is 10.7. The highest BCUT2D eigenvalue weighted by Crippen LogP contribution is 2.22. The molecule has 1 unspecified atom stereocenters. The Morgan fingerprint density at radius 1 is 1.23 bits per heavy atom. The number of thiazole rings is 1. The lowest BCUT2D eigenvalue weighted by molar-refractivity contribution is -0.121. The van der Waals surface area contributed by atoms with Gasteiger partial charge in [-0.3, -0.25) is 9.78 Å². The molecule has 0 spiro atoms. The molecule has 0 aliphatic rings. The molecule has 0 saturated carbocycles. The Morgan fingerprint density at radius 3 is 2.82 bits per heavy atom. The zero-order valence-electron chi connectivity index (χ0n) is 12.3. The molecule has 2 heterocycles. The number of pyridine rings is 1. The molecule has 4 nitrogen and oxygen atoms in total. The topological polar surface area (TPSA) is 54.9 Å². The number of aryl methyl sites for hydroxylation is 1. The number of hydrogen-bond acceptors (Lipinski definition) is 4. The number of nitrogens with zero attached hydrogens (tertiary/aromatic N) is 2. The van der Waals surface area contributed by atoms with Gasteiger partial charge in [0.25, 0.3) is 0 Å². The number of amides is 1. The van der Waals surface area contributed by atoms with E-state index in [0.29, 0.717) is 12.8 Å². The fourth-order valence-electron chi connectivity index (χ4n) is 2.27. The van der Waals surface area contributed by atoms with Gasteiger partial charge in [-0.1, -0.05) is 18.2 Å². The Balaban J connectivity index is 1.56. The van der Waals surface area contributed by atoms with Gasteiger partial charge in [0.1, 0.15) is 0 Å². The number of carbonyl (C=O) groups excluding carboxylic acids is 1. The minimum Gasteiger partial charge on any atom is -0.348 e. The first kappa shape index (κ1) is 14.7. The first-order valence-electron chi connectivity index (χ1n) is 7.27. The van der Waals surface area contributed by atoms with Crippen LogP contribution in [0.3, 0.4) is 0 Å². The average Bonchev–Trinajstić information content (AvgIpc) is 2.96. The Morgan fingerprint density at radius 2 is 2.05 bits per heavy atom. The summed E-state index contributed by atoms with van der Waals surface area (Å²) in [6, 6.07) is 13.7. The lowest BCUT2D eigenvalue weighted by atomic mass is 10.2. The van der Waals surface area contributed by atoms with Crippen molar-refractivity contribution in [1.29, 1.82) is 0 Å². The molecule has 0 bridgehead atoms. The van der Waals surface area contributed by atoms with Crippen molar-refractivity contribution in [2.45, 2.75) is 25.8 Å². The van der Waals surface area contributed by atoms with Crippen LogP contribution in [0.2, 0.25) is 0 Å². The molecule has 0 aliphatic heterocycles. The molecule has 3 rings (SSSR count). The molecule has 3 aromatic rings. The van der Waals surface area contributed by atoms with Gasteiger partial charge < -0.3 is 5.32 Å². The number of fused-ring (bicyclic) bond motifs is 1. The van der Waals surface area contributed by atoms with Crippen LogP contribution in [0.25, 0.3) is 10.2 Å². The molecule has 1 N–H and O–H groups in total. The van der Waals surface area contributed by atoms with E-state index in [1.165, 1.54) is 4.70 Å². The van der Waals surface area contributed by atoms with Gasteiger partial charge in [-0.15, -0.1) is 11.3 Å². The summed E-state index contributed by atoms with van der Waals surface area (Å²) in [5.74, 6) is 0.0254. The van der Waals surface area contributed by atoms with Crippen LogP contribution in [-0.2, 0) is 11.2 Å². The summed E-state index contributed by atoms with van der Waals surface area (Å²) in [5, 5.41) is 3.98. The molecule has 0 aliphatic carbocycles. The number of benzene rings is 1. The molecular formula is C17H17N3OS. The number of aromatic nitrogens is 2. The van der Waals surface area contributed by atoms with Crippen LogP contribution in [0.1, 0.15) is 30.1 Å². The van der Waals surface area contributed by atoms with E-state index in [1.54, 1.807) is 17.5 Å². The Bertz CT molecular complexity index is 737. The molecule has 1 amide bonds. The van der Waals surface area contributed by atoms with Crippen molar-refractivity contribution in [3.05, 3.63) is 59.4 Å². The van der Waals surface area contributed by atoms with Crippen molar-refractivity contribution in [2.75, 3.05) is 0 Å². The van der Waals surface area contributed by atoms with Crippen molar-refractivity contribution in [1.82, 2.24) is 15.3 Å². The number of rotatable bonds is 5. The SMILES string of the molecule is CC(NC(=O)CCc1nc2ccccc2s1)c1ccccn1. The van der Waals surface area contributed by atoms with Gasteiger partial charge in [0.15, 0.2) is 0 Å². The van der Waals surface area contributed by atoms with Crippen LogP contribution in [0.4, 0.5) is 0 Å². The summed E-state index contributed by atoms with van der Waals surface area (Å²) < 4.78 is 1.17. The van der Waals surface area contributed by atoms with Crippen LogP contribution in [0.15, 0.2) is 48.7 Å². The largest absolute Gasteiger partial charge is 0.348 e. The lowest BCUT2D eigenvalue weighted by Gasteiger charge is -2.12. The molecule has 22 heavy (non-hydrogen) atoms. The highest BCUT2D eigenvalue weighted by Gasteiger charge is 2.11. The fourth-order valence-corrected chi connectivity index (χ4v) is 3.23. The zero-order valence-corrected chi connectivity index (χ0v) is 13.1. The van der Waals surface area contributed by atoms with E-state index in [4.69, 9.17) is 0 Å². The molecule has 2 aromatic heterocycles. The summed E-state index contributed by atoms with van der Waals surface area (Å²) >= 11 is 1.65. The number of nitrogens with one attached hydrogen (secondary N) is 1. The van der Waals surface area contributed by atoms with E-state index >= 15 is 0 Å². The zero-order chi connectivity index (χ0) is 15.4. The number of hydrogen-bond donors (Lipinski definition) is 1. The standard InChI is InChI=1S/C17H17N3OS/c1-12(13-6-4-5-11-18-13)19-16(21)9-10-17-20-14-7-2-3-8-15(14)22-17/h2-8,11-12H,9-10H2,1H3,(H,19,21). The van der Waals surface area contributed by atoms with Gasteiger partial charge in [-0.25, -0.2) is 4.98 Å². The first-order valence-corrected chi connectivity index (χ1v) is 8.09. The second-order valence-corrected chi connectivity index (χ2v) is 6.23. The van der Waals surface area contributed by atoms with E-state index < -0.39 is 0 Å². The van der Waals surface area contributed by atoms with E-state index in [-0.39, 0.29) is 11.9 Å². The average molecular weight is 311 g/mol. The van der Waals surface area contributed by atoms with Crippen LogP contribution >= 0.6 is 11.3 Å². The normalized spacial score (nSPS) is 12.2. The summed E-state index contributed by atoms with van der Waals surface area (Å²) in [6.45, 7) is 1.94. The van der Waals surface area contributed by atoms with Gasteiger partial charge in [0.05, 0.1) is 27.0 Å². The van der Waals surface area contributed by atoms with Crippen molar-refractivity contribution in [3.8, 4) is 0 Å². The predicted molar refractivity (Wildman–Crippen MR) is 88.7 cm³/mol. The van der Waals surface area contributed by atoms with Gasteiger partial charge in [-0.2, -0.15) is 0 Å². The van der Waals surface area contributed by atoms with Crippen LogP contribution < -0.4 is 5.32 Å². The lowest BCUT2D eigenvalue weighted by Crippen LogP contribution is -2.27. The summed E-state index contributed by atoms with van der Waals surface area (Å²) in [7, 11) is 0. The third kappa shape index (κ3) is 3.49. The predicted octanol–water partition coefficient (Wildman–Crippen LogP) is 3.50. The molecule has 1 aromatic carbocycles. The summed E-state index contributed by atoms with van der Waals surface area (Å²) in [5.41, 5.74) is 1.88. The van der Waals surface area contributed by atoms with Crippen LogP contribution in [0.5, 0.6) is 0 Å². The summed E-state index contributed by atoms with van der Waals surface area (Å²) in [6.07, 6.45) is 2.84. The molecule has 0 fully saturated rings. The fraction of sp³-hybridized carbons (Fsp3) is 0.235. The quantitative estimate of drug-likeness (QED) is 0.784. The summed E-state index contributed by atoms with van der Waals surface area (Å²) in [4.78, 5) is 20.9. The van der Waals surface area contributed by atoms with Crippen LogP contribution in [-0.4, -0.2) is 15.9 Å². The maximum absolute atomic E-state index is 12.1. The molecule has 1 atom stereocenters. The molecule has 5 heteroatoms. The number of para-hydroxylation sites is 1. The highest BCUT2D eigenvalue weighted by molar-refractivity contribution is 7.18. The third-order valence-corrected chi connectivity index (χ3v) is 4.51. The second-order valence-electron chi connectivity index (χ2n) is 5.12. The van der Waals surface area contributed by atoms with Crippen molar-refractivity contribution in [2.24, 2.45) is 0 Å². The highest BCUT2D eigenvalue weighted by atomic mass is 32.1. The maximum Gasteiger partial charge on any atom is 0.220 e. The van der Waals surface area contributed by atoms with Crippen molar-refractivity contribution in [3.63, 3.8) is 0 Å². The van der Waals surface area contributed by atoms with Gasteiger partial charge in [-0.05, 0) is 31.2 Å². The Labute approximate surface area is 133 Å². The third-order valence-electron chi connectivity index (χ3n) is 3.41. The Kier molecular flexibility index (Phi) is 4.44. The monoisotopic (exact) mass is 311 g/mol. The smallest absolute Gasteiger partial charge is 0.220 e. The minimum absolute atomic E-state index is 0.0254.